The minimum atomic E-state index is 0.302. The smallest absolute Gasteiger partial charge is 0.273 e. The molecule has 0 unspecified atom stereocenters. The Hall–Kier alpha value is -1.29. The van der Waals surface area contributed by atoms with Crippen LogP contribution in [0.3, 0.4) is 0 Å². The molecule has 2 aromatic rings. The summed E-state index contributed by atoms with van der Waals surface area (Å²) in [6, 6.07) is 8.35. The molecule has 0 spiro atoms. The summed E-state index contributed by atoms with van der Waals surface area (Å²) in [5, 5.41) is 7.98. The quantitative estimate of drug-likeness (QED) is 0.553. The maximum Gasteiger partial charge on any atom is 0.273 e. The van der Waals surface area contributed by atoms with E-state index in [1.807, 2.05) is 12.1 Å². The van der Waals surface area contributed by atoms with Crippen molar-refractivity contribution in [3.05, 3.63) is 29.8 Å². The van der Waals surface area contributed by atoms with Crippen molar-refractivity contribution in [2.75, 3.05) is 0 Å². The van der Waals surface area contributed by atoms with E-state index in [9.17, 15) is 0 Å². The van der Waals surface area contributed by atoms with Gasteiger partial charge in [0.25, 0.3) is 5.22 Å². The van der Waals surface area contributed by atoms with Crippen LogP contribution < -0.4 is 0 Å². The van der Waals surface area contributed by atoms with Gasteiger partial charge < -0.3 is 4.42 Å². The molecule has 0 atom stereocenters. The Morgan fingerprint density at radius 3 is 2.30 bits per heavy atom. The van der Waals surface area contributed by atoms with Crippen LogP contribution in [-0.4, -0.2) is 10.2 Å². The monoisotopic (exact) mass is 290 g/mol. The standard InChI is InChI=1S/C16H22N2OS/c1-2-3-4-5-6-7-8-13-9-11-14(12-10-13)15-17-18-16(20)19-15/h9-12H,2-8H2,1H3,(H,18,20). The fraction of sp³-hybridized carbons (Fsp3) is 0.500. The van der Waals surface area contributed by atoms with Crippen LogP contribution in [0.4, 0.5) is 0 Å². The van der Waals surface area contributed by atoms with Gasteiger partial charge in [0.05, 0.1) is 0 Å². The van der Waals surface area contributed by atoms with Crippen molar-refractivity contribution in [2.24, 2.45) is 0 Å². The second-order valence-corrected chi connectivity index (χ2v) is 5.49. The molecule has 4 heteroatoms. The van der Waals surface area contributed by atoms with Crippen LogP contribution in [0.25, 0.3) is 11.5 Å². The largest absolute Gasteiger partial charge is 0.411 e. The number of nitrogens with zero attached hydrogens (tertiary/aromatic N) is 2. The molecule has 0 aliphatic heterocycles. The molecule has 0 saturated heterocycles. The molecule has 0 aliphatic rings. The third-order valence-electron chi connectivity index (χ3n) is 3.43. The highest BCUT2D eigenvalue weighted by atomic mass is 32.1. The van der Waals surface area contributed by atoms with Gasteiger partial charge in [0.1, 0.15) is 0 Å². The summed E-state index contributed by atoms with van der Waals surface area (Å²) in [7, 11) is 0. The van der Waals surface area contributed by atoms with Crippen LogP contribution >= 0.6 is 12.6 Å². The van der Waals surface area contributed by atoms with Gasteiger partial charge in [-0.15, -0.1) is 10.2 Å². The van der Waals surface area contributed by atoms with E-state index in [2.05, 4.69) is 41.9 Å². The van der Waals surface area contributed by atoms with Gasteiger partial charge in [0, 0.05) is 5.56 Å². The summed E-state index contributed by atoms with van der Waals surface area (Å²) < 4.78 is 5.29. The number of rotatable bonds is 8. The van der Waals surface area contributed by atoms with Crippen LogP contribution in [0.2, 0.25) is 0 Å². The highest BCUT2D eigenvalue weighted by Gasteiger charge is 2.05. The summed E-state index contributed by atoms with van der Waals surface area (Å²) in [6.07, 6.45) is 9.15. The predicted molar refractivity (Wildman–Crippen MR) is 84.1 cm³/mol. The Morgan fingerprint density at radius 1 is 0.950 bits per heavy atom. The highest BCUT2D eigenvalue weighted by molar-refractivity contribution is 7.80. The molecule has 2 rings (SSSR count). The molecule has 0 N–H and O–H groups in total. The average Bonchev–Trinajstić information content (AvgIpc) is 2.90. The van der Waals surface area contributed by atoms with Crippen LogP contribution in [0.1, 0.15) is 51.0 Å². The van der Waals surface area contributed by atoms with Crippen molar-refractivity contribution in [3.8, 4) is 11.5 Å². The Kier molecular flexibility index (Phi) is 6.12. The lowest BCUT2D eigenvalue weighted by Crippen LogP contribution is -1.87. The normalized spacial score (nSPS) is 10.9. The maximum atomic E-state index is 5.29. The van der Waals surface area contributed by atoms with Crippen molar-refractivity contribution in [1.29, 1.82) is 0 Å². The lowest BCUT2D eigenvalue weighted by molar-refractivity contribution is 0.468. The highest BCUT2D eigenvalue weighted by Crippen LogP contribution is 2.20. The van der Waals surface area contributed by atoms with Gasteiger partial charge in [0.15, 0.2) is 0 Å². The molecule has 1 aromatic heterocycles. The van der Waals surface area contributed by atoms with Gasteiger partial charge in [-0.3, -0.25) is 0 Å². The zero-order valence-electron chi connectivity index (χ0n) is 12.0. The van der Waals surface area contributed by atoms with Gasteiger partial charge in [0.2, 0.25) is 5.89 Å². The van der Waals surface area contributed by atoms with Crippen molar-refractivity contribution >= 4 is 12.6 Å². The first kappa shape index (κ1) is 15.1. The van der Waals surface area contributed by atoms with Crippen molar-refractivity contribution in [3.63, 3.8) is 0 Å². The second kappa shape index (κ2) is 8.10. The molecule has 0 bridgehead atoms. The van der Waals surface area contributed by atoms with Crippen LogP contribution in [0, 0.1) is 0 Å². The van der Waals surface area contributed by atoms with Crippen molar-refractivity contribution < 1.29 is 4.42 Å². The summed E-state index contributed by atoms with van der Waals surface area (Å²) in [5.41, 5.74) is 2.32. The van der Waals surface area contributed by atoms with Crippen molar-refractivity contribution in [2.45, 2.75) is 57.1 Å². The lowest BCUT2D eigenvalue weighted by atomic mass is 10.0. The molecule has 0 saturated carbocycles. The van der Waals surface area contributed by atoms with E-state index < -0.39 is 0 Å². The minimum absolute atomic E-state index is 0.302. The molecule has 20 heavy (non-hydrogen) atoms. The lowest BCUT2D eigenvalue weighted by Gasteiger charge is -2.03. The van der Waals surface area contributed by atoms with Crippen molar-refractivity contribution in [1.82, 2.24) is 10.2 Å². The van der Waals surface area contributed by atoms with E-state index in [-0.39, 0.29) is 0 Å². The molecule has 0 radical (unpaired) electrons. The maximum absolute atomic E-state index is 5.29. The average molecular weight is 290 g/mol. The third-order valence-corrected chi connectivity index (χ3v) is 3.61. The van der Waals surface area contributed by atoms with Gasteiger partial charge in [-0.25, -0.2) is 0 Å². The van der Waals surface area contributed by atoms with Crippen LogP contribution in [0.5, 0.6) is 0 Å². The SMILES string of the molecule is CCCCCCCCc1ccc(-c2nnc(S)o2)cc1. The number of aromatic nitrogens is 2. The number of unbranched alkanes of at least 4 members (excludes halogenated alkanes) is 5. The minimum Gasteiger partial charge on any atom is -0.411 e. The molecule has 0 aliphatic carbocycles. The molecular formula is C16H22N2OS. The van der Waals surface area contributed by atoms with Gasteiger partial charge in [-0.2, -0.15) is 0 Å². The Balaban J connectivity index is 1.77. The number of hydrogen-bond acceptors (Lipinski definition) is 4. The second-order valence-electron chi connectivity index (χ2n) is 5.10. The number of hydrogen-bond donors (Lipinski definition) is 1. The van der Waals surface area contributed by atoms with Crippen LogP contribution in [0.15, 0.2) is 33.9 Å². The van der Waals surface area contributed by atoms with E-state index in [4.69, 9.17) is 4.42 Å². The third kappa shape index (κ3) is 4.67. The molecule has 108 valence electrons. The molecule has 1 heterocycles. The Labute approximate surface area is 126 Å². The molecule has 0 fully saturated rings. The van der Waals surface area contributed by atoms with E-state index in [1.54, 1.807) is 0 Å². The van der Waals surface area contributed by atoms with Gasteiger partial charge in [-0.1, -0.05) is 63.8 Å². The Bertz CT molecular complexity index is 507. The van der Waals surface area contributed by atoms with Gasteiger partial charge >= 0.3 is 0 Å². The molecular weight excluding hydrogens is 268 g/mol. The first-order valence-electron chi connectivity index (χ1n) is 7.41. The number of aryl methyl sites for hydroxylation is 1. The summed E-state index contributed by atoms with van der Waals surface area (Å²) >= 11 is 4.02. The zero-order chi connectivity index (χ0) is 14.2. The Morgan fingerprint density at radius 2 is 1.65 bits per heavy atom. The molecule has 3 nitrogen and oxygen atoms in total. The topological polar surface area (TPSA) is 38.9 Å². The zero-order valence-corrected chi connectivity index (χ0v) is 12.9. The van der Waals surface area contributed by atoms with E-state index in [0.29, 0.717) is 11.1 Å². The van der Waals surface area contributed by atoms with Crippen LogP contribution in [-0.2, 0) is 6.42 Å². The summed E-state index contributed by atoms with van der Waals surface area (Å²) in [6.45, 7) is 2.25. The summed E-state index contributed by atoms with van der Waals surface area (Å²) in [5.74, 6) is 0.529. The fourth-order valence-electron chi connectivity index (χ4n) is 2.26. The van der Waals surface area contributed by atoms with E-state index in [1.165, 1.54) is 44.1 Å². The first-order chi connectivity index (χ1) is 9.79. The first-order valence-corrected chi connectivity index (χ1v) is 7.86. The number of thiol groups is 1. The van der Waals surface area contributed by atoms with Gasteiger partial charge in [-0.05, 0) is 30.5 Å². The predicted octanol–water partition coefficient (Wildman–Crippen LogP) is 4.93. The number of benzene rings is 1. The summed E-state index contributed by atoms with van der Waals surface area (Å²) in [4.78, 5) is 0. The molecule has 1 aromatic carbocycles. The fourth-order valence-corrected chi connectivity index (χ4v) is 2.39. The van der Waals surface area contributed by atoms with E-state index in [0.717, 1.165) is 12.0 Å². The molecule has 0 amide bonds. The van der Waals surface area contributed by atoms with E-state index >= 15 is 0 Å².